The van der Waals surface area contributed by atoms with E-state index in [1.807, 2.05) is 30.3 Å². The molecule has 1 amide bonds. The minimum Gasteiger partial charge on any atom is -0.496 e. The molecule has 0 radical (unpaired) electrons. The van der Waals surface area contributed by atoms with Crippen molar-refractivity contribution in [3.63, 3.8) is 0 Å². The van der Waals surface area contributed by atoms with Gasteiger partial charge in [-0.2, -0.15) is 0 Å². The largest absolute Gasteiger partial charge is 0.496 e. The maximum atomic E-state index is 13.0. The zero-order valence-electron chi connectivity index (χ0n) is 17.1. The molecule has 0 aromatic heterocycles. The third-order valence-electron chi connectivity index (χ3n) is 5.45. The van der Waals surface area contributed by atoms with Crippen molar-refractivity contribution in [3.05, 3.63) is 94.5 Å². The summed E-state index contributed by atoms with van der Waals surface area (Å²) in [6, 6.07) is 20.0. The topological polar surface area (TPSA) is 58.6 Å². The molecule has 1 heterocycles. The van der Waals surface area contributed by atoms with Crippen molar-refractivity contribution in [1.29, 1.82) is 0 Å². The van der Waals surface area contributed by atoms with E-state index >= 15 is 0 Å². The molecule has 3 aromatic carbocycles. The van der Waals surface area contributed by atoms with Crippen LogP contribution in [0.4, 0.5) is 5.69 Å². The lowest BCUT2D eigenvalue weighted by atomic mass is 9.97. The molecular weight excluding hydrogens is 376 g/mol. The van der Waals surface area contributed by atoms with Gasteiger partial charge in [0.2, 0.25) is 0 Å². The Morgan fingerprint density at radius 1 is 0.967 bits per heavy atom. The molecule has 30 heavy (non-hydrogen) atoms. The Morgan fingerprint density at radius 2 is 1.77 bits per heavy atom. The average Bonchev–Trinajstić information content (AvgIpc) is 2.78. The number of amides is 1. The Morgan fingerprint density at radius 3 is 2.53 bits per heavy atom. The molecule has 0 aliphatic carbocycles. The summed E-state index contributed by atoms with van der Waals surface area (Å²) in [6.07, 6.45) is 0.893. The highest BCUT2D eigenvalue weighted by Crippen LogP contribution is 2.28. The Labute approximate surface area is 176 Å². The zero-order valence-corrected chi connectivity index (χ0v) is 17.1. The van der Waals surface area contributed by atoms with Gasteiger partial charge in [0, 0.05) is 29.9 Å². The number of anilines is 1. The third kappa shape index (κ3) is 3.98. The van der Waals surface area contributed by atoms with Crippen LogP contribution in [-0.4, -0.2) is 37.3 Å². The van der Waals surface area contributed by atoms with Gasteiger partial charge < -0.3 is 15.0 Å². The first-order valence-electron chi connectivity index (χ1n) is 9.95. The van der Waals surface area contributed by atoms with Crippen molar-refractivity contribution in [3.8, 4) is 5.75 Å². The summed E-state index contributed by atoms with van der Waals surface area (Å²) in [7, 11) is 3.60. The van der Waals surface area contributed by atoms with Crippen LogP contribution in [0.15, 0.2) is 66.7 Å². The van der Waals surface area contributed by atoms with Crippen LogP contribution in [0.25, 0.3) is 0 Å². The number of ether oxygens (including phenoxy) is 1. The molecule has 0 saturated heterocycles. The number of carbonyl (C=O) groups is 2. The van der Waals surface area contributed by atoms with E-state index in [1.54, 1.807) is 30.3 Å². The first kappa shape index (κ1) is 19.9. The minimum atomic E-state index is -0.252. The van der Waals surface area contributed by atoms with Crippen LogP contribution in [0.5, 0.6) is 5.75 Å². The van der Waals surface area contributed by atoms with Crippen molar-refractivity contribution < 1.29 is 14.3 Å². The molecule has 4 rings (SSSR count). The molecule has 0 bridgehead atoms. The predicted octanol–water partition coefficient (Wildman–Crippen LogP) is 4.17. The molecule has 0 fully saturated rings. The van der Waals surface area contributed by atoms with Gasteiger partial charge >= 0.3 is 0 Å². The van der Waals surface area contributed by atoms with Gasteiger partial charge in [-0.15, -0.1) is 0 Å². The summed E-state index contributed by atoms with van der Waals surface area (Å²) in [4.78, 5) is 28.0. The highest BCUT2D eigenvalue weighted by Gasteiger charge is 2.20. The van der Waals surface area contributed by atoms with E-state index in [4.69, 9.17) is 4.74 Å². The van der Waals surface area contributed by atoms with Crippen molar-refractivity contribution in [2.24, 2.45) is 0 Å². The lowest BCUT2D eigenvalue weighted by molar-refractivity contribution is 0.101. The second-order valence-electron chi connectivity index (χ2n) is 7.50. The lowest BCUT2D eigenvalue weighted by Crippen LogP contribution is -2.27. The van der Waals surface area contributed by atoms with Gasteiger partial charge in [-0.05, 0) is 48.9 Å². The fraction of sp³-hybridized carbons (Fsp3) is 0.200. The molecule has 5 nitrogen and oxygen atoms in total. The number of hydrogen-bond donors (Lipinski definition) is 1. The van der Waals surface area contributed by atoms with E-state index in [0.717, 1.165) is 25.2 Å². The number of fused-ring (bicyclic) bond motifs is 1. The number of likely N-dealkylation sites (N-methyl/N-ethyl adjacent to an activating group) is 1. The monoisotopic (exact) mass is 400 g/mol. The normalized spacial score (nSPS) is 13.4. The van der Waals surface area contributed by atoms with Crippen LogP contribution >= 0.6 is 0 Å². The smallest absolute Gasteiger partial charge is 0.259 e. The number of carbonyl (C=O) groups excluding carboxylic acids is 2. The molecule has 152 valence electrons. The number of ketones is 1. The maximum Gasteiger partial charge on any atom is 0.259 e. The molecular formula is C25H24N2O3. The van der Waals surface area contributed by atoms with Crippen LogP contribution in [0.2, 0.25) is 0 Å². The van der Waals surface area contributed by atoms with Gasteiger partial charge in [0.25, 0.3) is 5.91 Å². The van der Waals surface area contributed by atoms with Crippen LogP contribution in [0, 0.1) is 0 Å². The Hall–Kier alpha value is -3.44. The predicted molar refractivity (Wildman–Crippen MR) is 117 cm³/mol. The summed E-state index contributed by atoms with van der Waals surface area (Å²) < 4.78 is 5.44. The number of methoxy groups -OCH3 is 1. The SMILES string of the molecule is COc1cc(C(=O)c2ccccc2)ccc1C(=O)Nc1cccc2c1CCN(C)C2. The molecule has 0 atom stereocenters. The fourth-order valence-corrected chi connectivity index (χ4v) is 3.83. The van der Waals surface area contributed by atoms with Gasteiger partial charge in [0.1, 0.15) is 5.75 Å². The number of benzene rings is 3. The van der Waals surface area contributed by atoms with Gasteiger partial charge in [-0.1, -0.05) is 42.5 Å². The molecule has 0 spiro atoms. The minimum absolute atomic E-state index is 0.109. The van der Waals surface area contributed by atoms with E-state index in [-0.39, 0.29) is 11.7 Å². The Bertz CT molecular complexity index is 1090. The van der Waals surface area contributed by atoms with E-state index in [0.29, 0.717) is 22.4 Å². The summed E-state index contributed by atoms with van der Waals surface area (Å²) in [6.45, 7) is 1.83. The Kier molecular flexibility index (Phi) is 5.63. The van der Waals surface area contributed by atoms with Crippen LogP contribution in [0.3, 0.4) is 0 Å². The second-order valence-corrected chi connectivity index (χ2v) is 7.50. The van der Waals surface area contributed by atoms with Gasteiger partial charge in [0.05, 0.1) is 12.7 Å². The van der Waals surface area contributed by atoms with E-state index < -0.39 is 0 Å². The van der Waals surface area contributed by atoms with Crippen LogP contribution in [0.1, 0.15) is 37.4 Å². The van der Waals surface area contributed by atoms with E-state index in [2.05, 4.69) is 23.3 Å². The highest BCUT2D eigenvalue weighted by molar-refractivity contribution is 6.11. The van der Waals surface area contributed by atoms with Crippen molar-refractivity contribution in [2.45, 2.75) is 13.0 Å². The second kappa shape index (κ2) is 8.51. The fourth-order valence-electron chi connectivity index (χ4n) is 3.83. The maximum absolute atomic E-state index is 13.0. The standard InChI is InChI=1S/C25H24N2O3/c1-27-14-13-20-19(16-27)9-6-10-22(20)26-25(29)21-12-11-18(15-23(21)30-2)24(28)17-7-4-3-5-8-17/h3-12,15H,13-14,16H2,1-2H3,(H,26,29). The summed E-state index contributed by atoms with van der Waals surface area (Å²) in [5.41, 5.74) is 4.72. The summed E-state index contributed by atoms with van der Waals surface area (Å²) in [5.74, 6) is 0.0128. The first-order chi connectivity index (χ1) is 14.6. The van der Waals surface area contributed by atoms with E-state index in [1.165, 1.54) is 18.2 Å². The van der Waals surface area contributed by atoms with Crippen molar-refractivity contribution in [2.75, 3.05) is 26.0 Å². The molecule has 3 aromatic rings. The zero-order chi connectivity index (χ0) is 21.1. The number of rotatable bonds is 5. The molecule has 0 unspecified atom stereocenters. The van der Waals surface area contributed by atoms with Crippen LogP contribution in [-0.2, 0) is 13.0 Å². The first-order valence-corrected chi connectivity index (χ1v) is 9.95. The van der Waals surface area contributed by atoms with Gasteiger partial charge in [-0.25, -0.2) is 0 Å². The number of hydrogen-bond acceptors (Lipinski definition) is 4. The van der Waals surface area contributed by atoms with Crippen LogP contribution < -0.4 is 10.1 Å². The molecule has 5 heteroatoms. The van der Waals surface area contributed by atoms with Crippen molar-refractivity contribution in [1.82, 2.24) is 4.90 Å². The number of nitrogens with zero attached hydrogens (tertiary/aromatic N) is 1. The highest BCUT2D eigenvalue weighted by atomic mass is 16.5. The van der Waals surface area contributed by atoms with Crippen molar-refractivity contribution >= 4 is 17.4 Å². The number of nitrogens with one attached hydrogen (secondary N) is 1. The summed E-state index contributed by atoms with van der Waals surface area (Å²) in [5, 5.41) is 3.03. The molecule has 0 saturated carbocycles. The summed E-state index contributed by atoms with van der Waals surface area (Å²) >= 11 is 0. The average molecular weight is 400 g/mol. The van der Waals surface area contributed by atoms with Gasteiger partial charge in [0.15, 0.2) is 5.78 Å². The van der Waals surface area contributed by atoms with E-state index in [9.17, 15) is 9.59 Å². The molecule has 1 N–H and O–H groups in total. The molecule has 1 aliphatic rings. The quantitative estimate of drug-likeness (QED) is 0.653. The van der Waals surface area contributed by atoms with Gasteiger partial charge in [-0.3, -0.25) is 9.59 Å². The third-order valence-corrected chi connectivity index (χ3v) is 5.45. The lowest BCUT2D eigenvalue weighted by Gasteiger charge is -2.26. The molecule has 1 aliphatic heterocycles. The Balaban J connectivity index is 1.59.